The van der Waals surface area contributed by atoms with Crippen LogP contribution in [0.5, 0.6) is 17.6 Å². The lowest BCUT2D eigenvalue weighted by molar-refractivity contribution is 0.0957. The zero-order chi connectivity index (χ0) is 25.9. The van der Waals surface area contributed by atoms with E-state index in [0.29, 0.717) is 5.56 Å². The van der Waals surface area contributed by atoms with E-state index in [9.17, 15) is 18.4 Å². The van der Waals surface area contributed by atoms with Gasteiger partial charge in [-0.3, -0.25) is 14.6 Å². The van der Waals surface area contributed by atoms with Crippen LogP contribution in [0.1, 0.15) is 33.8 Å². The first-order chi connectivity index (χ1) is 17.9. The van der Waals surface area contributed by atoms with E-state index in [-0.39, 0.29) is 46.5 Å². The minimum Gasteiger partial charge on any atom is -0.454 e. The molecular formula is C26H20F2N4O5. The standard InChI is InChI=1S/C26H20F2N4O5/c1-29-24(33)20-13-18(10-11-30-20)35-21-9-6-16(12-19(21)28)31-25(34)22-23(14-2-4-15(27)5-3-14)37-26(32-22)36-17-7-8-17/h2-6,9-13,17H,7-8H2,1H3,(H,29,33)(H,31,34). The number of anilines is 1. The molecule has 2 aromatic heterocycles. The van der Waals surface area contributed by atoms with E-state index in [1.807, 2.05) is 0 Å². The second-order valence-corrected chi connectivity index (χ2v) is 8.14. The van der Waals surface area contributed by atoms with Gasteiger partial charge in [0.25, 0.3) is 11.8 Å². The Hall–Kier alpha value is -4.80. The van der Waals surface area contributed by atoms with E-state index in [2.05, 4.69) is 20.6 Å². The summed E-state index contributed by atoms with van der Waals surface area (Å²) >= 11 is 0. The van der Waals surface area contributed by atoms with E-state index < -0.39 is 23.4 Å². The van der Waals surface area contributed by atoms with Crippen LogP contribution in [-0.2, 0) is 0 Å². The maximum absolute atomic E-state index is 14.8. The van der Waals surface area contributed by atoms with Crippen LogP contribution in [0.3, 0.4) is 0 Å². The molecule has 0 unspecified atom stereocenters. The number of pyridine rings is 1. The highest BCUT2D eigenvalue weighted by Crippen LogP contribution is 2.33. The third kappa shape index (κ3) is 5.56. The number of nitrogens with zero attached hydrogens (tertiary/aromatic N) is 2. The van der Waals surface area contributed by atoms with E-state index >= 15 is 0 Å². The van der Waals surface area contributed by atoms with Crippen molar-refractivity contribution < 1.29 is 32.3 Å². The van der Waals surface area contributed by atoms with Gasteiger partial charge in [0, 0.05) is 36.6 Å². The number of amides is 2. The average Bonchev–Trinajstić information content (AvgIpc) is 3.61. The van der Waals surface area contributed by atoms with Crippen LogP contribution in [0, 0.1) is 11.6 Å². The molecular weight excluding hydrogens is 486 g/mol. The van der Waals surface area contributed by atoms with Crippen molar-refractivity contribution >= 4 is 17.5 Å². The molecule has 0 atom stereocenters. The van der Waals surface area contributed by atoms with Gasteiger partial charge in [-0.25, -0.2) is 8.78 Å². The Bertz CT molecular complexity index is 1470. The first-order valence-corrected chi connectivity index (χ1v) is 11.3. The first kappa shape index (κ1) is 23.9. The van der Waals surface area contributed by atoms with Gasteiger partial charge in [0.15, 0.2) is 23.0 Å². The van der Waals surface area contributed by atoms with Gasteiger partial charge >= 0.3 is 6.08 Å². The molecule has 2 amide bonds. The molecule has 1 saturated carbocycles. The molecule has 1 aliphatic carbocycles. The number of halogens is 2. The number of carbonyl (C=O) groups excluding carboxylic acids is 2. The zero-order valence-electron chi connectivity index (χ0n) is 19.5. The predicted octanol–water partition coefficient (Wildman–Crippen LogP) is 4.96. The first-order valence-electron chi connectivity index (χ1n) is 11.3. The predicted molar refractivity (Wildman–Crippen MR) is 128 cm³/mol. The van der Waals surface area contributed by atoms with E-state index in [1.54, 1.807) is 0 Å². The van der Waals surface area contributed by atoms with Gasteiger partial charge in [-0.2, -0.15) is 4.98 Å². The summed E-state index contributed by atoms with van der Waals surface area (Å²) in [5.74, 6) is -2.11. The number of benzene rings is 2. The number of hydrogen-bond acceptors (Lipinski definition) is 7. The smallest absolute Gasteiger partial charge is 0.395 e. The van der Waals surface area contributed by atoms with Crippen LogP contribution >= 0.6 is 0 Å². The van der Waals surface area contributed by atoms with Crippen LogP contribution in [0.2, 0.25) is 0 Å². The van der Waals surface area contributed by atoms with Crippen LogP contribution in [0.15, 0.2) is 65.2 Å². The summed E-state index contributed by atoms with van der Waals surface area (Å²) in [6.45, 7) is 0. The Morgan fingerprint density at radius 1 is 1.03 bits per heavy atom. The van der Waals surface area contributed by atoms with Gasteiger partial charge in [0.1, 0.15) is 23.4 Å². The van der Waals surface area contributed by atoms with E-state index in [4.69, 9.17) is 13.9 Å². The number of carbonyl (C=O) groups is 2. The Balaban J connectivity index is 1.35. The lowest BCUT2D eigenvalue weighted by Crippen LogP contribution is -2.18. The molecule has 1 fully saturated rings. The molecule has 4 aromatic rings. The molecule has 2 N–H and O–H groups in total. The molecule has 0 spiro atoms. The number of hydrogen-bond donors (Lipinski definition) is 2. The van der Waals surface area contributed by atoms with Crippen molar-refractivity contribution in [3.63, 3.8) is 0 Å². The summed E-state index contributed by atoms with van der Waals surface area (Å²) in [4.78, 5) is 32.9. The van der Waals surface area contributed by atoms with Crippen molar-refractivity contribution in [2.24, 2.45) is 0 Å². The van der Waals surface area contributed by atoms with Crippen molar-refractivity contribution in [1.29, 1.82) is 0 Å². The van der Waals surface area contributed by atoms with E-state index in [0.717, 1.165) is 18.9 Å². The normalized spacial score (nSPS) is 12.6. The Kier molecular flexibility index (Phi) is 6.50. The molecule has 188 valence electrons. The number of oxazole rings is 1. The van der Waals surface area contributed by atoms with Gasteiger partial charge in [-0.1, -0.05) is 0 Å². The minimum absolute atomic E-state index is 0.0231. The lowest BCUT2D eigenvalue weighted by Gasteiger charge is -2.10. The number of ether oxygens (including phenoxy) is 2. The summed E-state index contributed by atoms with van der Waals surface area (Å²) < 4.78 is 45.0. The Labute approximate surface area is 209 Å². The Morgan fingerprint density at radius 2 is 1.81 bits per heavy atom. The molecule has 1 aliphatic rings. The van der Waals surface area contributed by atoms with Crippen LogP contribution < -0.4 is 20.1 Å². The third-order valence-corrected chi connectivity index (χ3v) is 5.33. The molecule has 0 saturated heterocycles. The van der Waals surface area contributed by atoms with Gasteiger partial charge in [-0.15, -0.1) is 0 Å². The van der Waals surface area contributed by atoms with Crippen molar-refractivity contribution in [2.45, 2.75) is 18.9 Å². The summed E-state index contributed by atoms with van der Waals surface area (Å²) in [7, 11) is 1.47. The molecule has 9 nitrogen and oxygen atoms in total. The molecule has 11 heteroatoms. The average molecular weight is 506 g/mol. The van der Waals surface area contributed by atoms with Gasteiger partial charge < -0.3 is 24.5 Å². The highest BCUT2D eigenvalue weighted by molar-refractivity contribution is 6.06. The summed E-state index contributed by atoms with van der Waals surface area (Å²) in [6.07, 6.45) is 2.98. The molecule has 0 radical (unpaired) electrons. The van der Waals surface area contributed by atoms with Crippen molar-refractivity contribution in [2.75, 3.05) is 12.4 Å². The quantitative estimate of drug-likeness (QED) is 0.347. The Morgan fingerprint density at radius 3 is 2.51 bits per heavy atom. The second-order valence-electron chi connectivity index (χ2n) is 8.14. The fraction of sp³-hybridized carbons (Fsp3) is 0.154. The van der Waals surface area contributed by atoms with Gasteiger partial charge in [0.05, 0.1) is 0 Å². The maximum atomic E-state index is 14.8. The molecule has 2 heterocycles. The number of aromatic nitrogens is 2. The highest BCUT2D eigenvalue weighted by atomic mass is 19.1. The molecule has 0 aliphatic heterocycles. The molecule has 37 heavy (non-hydrogen) atoms. The van der Waals surface area contributed by atoms with Crippen molar-refractivity contribution in [3.8, 4) is 28.9 Å². The number of nitrogens with one attached hydrogen (secondary N) is 2. The second kappa shape index (κ2) is 10.1. The zero-order valence-corrected chi connectivity index (χ0v) is 19.5. The van der Waals surface area contributed by atoms with Gasteiger partial charge in [-0.05, 0) is 55.3 Å². The van der Waals surface area contributed by atoms with Crippen molar-refractivity contribution in [1.82, 2.24) is 15.3 Å². The molecule has 5 rings (SSSR count). The van der Waals surface area contributed by atoms with Gasteiger partial charge in [0.2, 0.25) is 0 Å². The molecule has 2 aromatic carbocycles. The summed E-state index contributed by atoms with van der Waals surface area (Å²) in [5.41, 5.74) is 0.571. The largest absolute Gasteiger partial charge is 0.454 e. The van der Waals surface area contributed by atoms with E-state index in [1.165, 1.54) is 61.8 Å². The van der Waals surface area contributed by atoms with Crippen LogP contribution in [0.4, 0.5) is 14.5 Å². The third-order valence-electron chi connectivity index (χ3n) is 5.33. The summed E-state index contributed by atoms with van der Waals surface area (Å²) in [5, 5.41) is 5.02. The minimum atomic E-state index is -0.757. The monoisotopic (exact) mass is 506 g/mol. The number of rotatable bonds is 8. The fourth-order valence-corrected chi connectivity index (χ4v) is 3.34. The summed E-state index contributed by atoms with van der Waals surface area (Å²) in [6, 6.07) is 12.1. The maximum Gasteiger partial charge on any atom is 0.395 e. The topological polar surface area (TPSA) is 116 Å². The van der Waals surface area contributed by atoms with Crippen LogP contribution in [-0.4, -0.2) is 34.9 Å². The highest BCUT2D eigenvalue weighted by Gasteiger charge is 2.29. The fourth-order valence-electron chi connectivity index (χ4n) is 3.34. The van der Waals surface area contributed by atoms with Crippen molar-refractivity contribution in [3.05, 3.63) is 83.8 Å². The lowest BCUT2D eigenvalue weighted by atomic mass is 10.1. The van der Waals surface area contributed by atoms with Crippen LogP contribution in [0.25, 0.3) is 11.3 Å². The molecule has 0 bridgehead atoms. The SMILES string of the molecule is CNC(=O)c1cc(Oc2ccc(NC(=O)c3nc(OC4CC4)oc3-c3ccc(F)cc3)cc2F)ccn1.